The highest BCUT2D eigenvalue weighted by atomic mass is 79.9. The molecule has 11 heteroatoms. The average Bonchev–Trinajstić information content (AvgIpc) is 3.27. The lowest BCUT2D eigenvalue weighted by atomic mass is 10.1. The Hall–Kier alpha value is -3.18. The quantitative estimate of drug-likeness (QED) is 0.278. The minimum absolute atomic E-state index is 0.0928. The van der Waals surface area contributed by atoms with E-state index in [-0.39, 0.29) is 5.91 Å². The van der Waals surface area contributed by atoms with E-state index < -0.39 is 12.0 Å². The molecule has 1 aromatic heterocycles. The second-order valence-corrected chi connectivity index (χ2v) is 9.85. The van der Waals surface area contributed by atoms with Crippen LogP contribution < -0.4 is 20.7 Å². The maximum absolute atomic E-state index is 12.0. The van der Waals surface area contributed by atoms with E-state index in [2.05, 4.69) is 41.9 Å². The van der Waals surface area contributed by atoms with Crippen LogP contribution >= 0.6 is 27.3 Å². The van der Waals surface area contributed by atoms with E-state index in [1.54, 1.807) is 0 Å². The zero-order chi connectivity index (χ0) is 24.6. The normalized spacial score (nSPS) is 14.0. The molecule has 2 aromatic carbocycles. The van der Waals surface area contributed by atoms with Gasteiger partial charge in [0.25, 0.3) is 0 Å². The minimum Gasteiger partial charge on any atom is -0.494 e. The molecule has 4 N–H and O–H groups in total. The number of carbonyl (C=O) groups is 2. The minimum atomic E-state index is -0.948. The third-order valence-corrected chi connectivity index (χ3v) is 7.26. The van der Waals surface area contributed by atoms with E-state index >= 15 is 0 Å². The molecule has 3 aromatic rings. The summed E-state index contributed by atoms with van der Waals surface area (Å²) in [5.74, 6) is 0.173. The highest BCUT2D eigenvalue weighted by Gasteiger charge is 2.20. The first kappa shape index (κ1) is 24.9. The van der Waals surface area contributed by atoms with E-state index in [1.165, 1.54) is 11.3 Å². The fourth-order valence-electron chi connectivity index (χ4n) is 3.52. The molecule has 1 amide bonds. The molecule has 4 rings (SSSR count). The van der Waals surface area contributed by atoms with Crippen molar-refractivity contribution >= 4 is 60.5 Å². The van der Waals surface area contributed by atoms with Crippen molar-refractivity contribution in [1.82, 2.24) is 15.6 Å². The Morgan fingerprint density at radius 3 is 2.77 bits per heavy atom. The lowest BCUT2D eigenvalue weighted by molar-refractivity contribution is -0.137. The van der Waals surface area contributed by atoms with Crippen LogP contribution in [0.1, 0.15) is 24.8 Å². The van der Waals surface area contributed by atoms with Gasteiger partial charge in [-0.1, -0.05) is 29.5 Å². The van der Waals surface area contributed by atoms with Crippen LogP contribution in [-0.2, 0) is 16.0 Å². The summed E-state index contributed by atoms with van der Waals surface area (Å²) in [6.45, 7) is 1.95. The summed E-state index contributed by atoms with van der Waals surface area (Å²) in [7, 11) is 0. The van der Waals surface area contributed by atoms with E-state index in [4.69, 9.17) is 4.74 Å². The fraction of sp³-hybridized carbons (Fsp3) is 0.333. The number of rotatable bonds is 10. The van der Waals surface area contributed by atoms with Crippen LogP contribution in [0, 0.1) is 0 Å². The largest absolute Gasteiger partial charge is 0.494 e. The number of carboxylic acids is 1. The molecule has 0 fully saturated rings. The van der Waals surface area contributed by atoms with Crippen LogP contribution in [0.15, 0.2) is 51.9 Å². The SMILES string of the molecule is O=C(CCCOc1ccc(C[C@H](Nc2nc3cccc(Br)c3s2)C(=O)O)cc1)NC1=NCCCN1. The topological polar surface area (TPSA) is 125 Å². The van der Waals surface area contributed by atoms with Gasteiger partial charge >= 0.3 is 5.97 Å². The molecule has 0 saturated carbocycles. The molecule has 1 atom stereocenters. The van der Waals surface area contributed by atoms with Crippen molar-refractivity contribution in [3.63, 3.8) is 0 Å². The van der Waals surface area contributed by atoms with Crippen LogP contribution in [0.25, 0.3) is 10.2 Å². The molecule has 0 aliphatic carbocycles. The van der Waals surface area contributed by atoms with Gasteiger partial charge in [0.1, 0.15) is 11.8 Å². The van der Waals surface area contributed by atoms with Gasteiger partial charge < -0.3 is 20.5 Å². The molecule has 35 heavy (non-hydrogen) atoms. The fourth-order valence-corrected chi connectivity index (χ4v) is 5.04. The number of benzene rings is 2. The lowest BCUT2D eigenvalue weighted by Crippen LogP contribution is -2.43. The van der Waals surface area contributed by atoms with E-state index in [9.17, 15) is 14.7 Å². The third-order valence-electron chi connectivity index (χ3n) is 5.30. The zero-order valence-electron chi connectivity index (χ0n) is 18.9. The van der Waals surface area contributed by atoms with Gasteiger partial charge in [-0.25, -0.2) is 9.78 Å². The molecule has 0 saturated heterocycles. The summed E-state index contributed by atoms with van der Waals surface area (Å²) >= 11 is 4.92. The molecular formula is C24H26BrN5O4S. The highest BCUT2D eigenvalue weighted by molar-refractivity contribution is 9.10. The van der Waals surface area contributed by atoms with E-state index in [0.717, 1.165) is 39.8 Å². The van der Waals surface area contributed by atoms with Gasteiger partial charge in [-0.2, -0.15) is 0 Å². The van der Waals surface area contributed by atoms with Crippen LogP contribution in [0.3, 0.4) is 0 Å². The maximum Gasteiger partial charge on any atom is 0.326 e. The van der Waals surface area contributed by atoms with Gasteiger partial charge in [0.15, 0.2) is 11.1 Å². The maximum atomic E-state index is 12.0. The molecule has 1 aliphatic rings. The Bertz CT molecular complexity index is 1210. The zero-order valence-corrected chi connectivity index (χ0v) is 21.3. The number of aliphatic carboxylic acids is 1. The van der Waals surface area contributed by atoms with Gasteiger partial charge in [0.2, 0.25) is 5.91 Å². The highest BCUT2D eigenvalue weighted by Crippen LogP contribution is 2.32. The Morgan fingerprint density at radius 1 is 1.23 bits per heavy atom. The van der Waals surface area contributed by atoms with Crippen molar-refractivity contribution in [2.75, 3.05) is 25.0 Å². The van der Waals surface area contributed by atoms with Crippen molar-refractivity contribution in [3.8, 4) is 5.75 Å². The number of carboxylic acid groups (broad SMARTS) is 1. The lowest BCUT2D eigenvalue weighted by Gasteiger charge is -2.15. The molecule has 0 bridgehead atoms. The molecular weight excluding hydrogens is 534 g/mol. The summed E-state index contributed by atoms with van der Waals surface area (Å²) < 4.78 is 7.62. The number of carbonyl (C=O) groups excluding carboxylic acids is 1. The van der Waals surface area contributed by atoms with Crippen LogP contribution in [0.5, 0.6) is 5.75 Å². The predicted octanol–water partition coefficient (Wildman–Crippen LogP) is 3.79. The van der Waals surface area contributed by atoms with Crippen molar-refractivity contribution in [2.45, 2.75) is 31.7 Å². The van der Waals surface area contributed by atoms with Crippen LogP contribution in [0.4, 0.5) is 5.13 Å². The Morgan fingerprint density at radius 2 is 2.06 bits per heavy atom. The van der Waals surface area contributed by atoms with Crippen molar-refractivity contribution in [1.29, 1.82) is 0 Å². The van der Waals surface area contributed by atoms with Gasteiger partial charge in [-0.15, -0.1) is 0 Å². The van der Waals surface area contributed by atoms with Gasteiger partial charge in [0.05, 0.1) is 16.8 Å². The Kier molecular flexibility index (Phi) is 8.54. The third kappa shape index (κ3) is 7.15. The second kappa shape index (κ2) is 12.0. The number of aromatic nitrogens is 1. The molecule has 0 spiro atoms. The van der Waals surface area contributed by atoms with Gasteiger partial charge in [-0.3, -0.25) is 15.1 Å². The number of aliphatic imine (C=N–C) groups is 1. The molecule has 1 aliphatic heterocycles. The number of anilines is 1. The van der Waals surface area contributed by atoms with E-state index in [0.29, 0.717) is 42.7 Å². The summed E-state index contributed by atoms with van der Waals surface area (Å²) in [6, 6.07) is 12.2. The summed E-state index contributed by atoms with van der Waals surface area (Å²) in [6.07, 6.45) is 2.18. The second-order valence-electron chi connectivity index (χ2n) is 8.00. The number of hydrogen-bond acceptors (Lipinski definition) is 8. The number of fused-ring (bicyclic) bond motifs is 1. The molecule has 0 unspecified atom stereocenters. The number of amides is 1. The number of hydrogen-bond donors (Lipinski definition) is 4. The van der Waals surface area contributed by atoms with Gasteiger partial charge in [-0.05, 0) is 58.6 Å². The molecule has 9 nitrogen and oxygen atoms in total. The van der Waals surface area contributed by atoms with E-state index in [1.807, 2.05) is 42.5 Å². The first-order valence-corrected chi connectivity index (χ1v) is 12.9. The number of ether oxygens (including phenoxy) is 1. The summed E-state index contributed by atoms with van der Waals surface area (Å²) in [5, 5.41) is 19.1. The number of nitrogens with zero attached hydrogens (tertiary/aromatic N) is 2. The van der Waals surface area contributed by atoms with Crippen LogP contribution in [-0.4, -0.2) is 53.7 Å². The predicted molar refractivity (Wildman–Crippen MR) is 140 cm³/mol. The van der Waals surface area contributed by atoms with Crippen molar-refractivity contribution in [2.24, 2.45) is 4.99 Å². The van der Waals surface area contributed by atoms with Crippen molar-refractivity contribution in [3.05, 3.63) is 52.5 Å². The number of thiazole rings is 1. The molecule has 184 valence electrons. The van der Waals surface area contributed by atoms with Crippen LogP contribution in [0.2, 0.25) is 0 Å². The van der Waals surface area contributed by atoms with Gasteiger partial charge in [0, 0.05) is 30.4 Å². The smallest absolute Gasteiger partial charge is 0.326 e. The summed E-state index contributed by atoms with van der Waals surface area (Å²) in [5.41, 5.74) is 1.68. The Labute approximate surface area is 215 Å². The monoisotopic (exact) mass is 559 g/mol. The number of nitrogens with one attached hydrogen (secondary N) is 3. The molecule has 2 heterocycles. The average molecular weight is 560 g/mol. The molecule has 0 radical (unpaired) electrons. The first-order chi connectivity index (χ1) is 17.0. The first-order valence-electron chi connectivity index (χ1n) is 11.3. The standard InChI is InChI=1S/C24H26BrN5O4S/c25-17-4-1-5-18-21(17)35-24(28-18)29-19(22(32)33)14-15-7-9-16(10-8-15)34-13-2-6-20(31)30-23-26-11-3-12-27-23/h1,4-5,7-10,19H,2-3,6,11-14H2,(H,28,29)(H,32,33)(H2,26,27,30,31)/t19-/m0/s1. The Balaban J connectivity index is 1.24. The number of guanidine groups is 1. The van der Waals surface area contributed by atoms with Crippen molar-refractivity contribution < 1.29 is 19.4 Å². The summed E-state index contributed by atoms with van der Waals surface area (Å²) in [4.78, 5) is 32.5. The number of halogens is 1.